The highest BCUT2D eigenvalue weighted by Gasteiger charge is 2.20. The van der Waals surface area contributed by atoms with Crippen molar-refractivity contribution >= 4 is 17.6 Å². The lowest BCUT2D eigenvalue weighted by Gasteiger charge is -2.24. The first-order valence-corrected chi connectivity index (χ1v) is 6.13. The molecule has 1 aromatic rings. The molecule has 4 heteroatoms. The van der Waals surface area contributed by atoms with Crippen molar-refractivity contribution in [2.45, 2.75) is 12.5 Å². The van der Waals surface area contributed by atoms with Crippen LogP contribution in [0.5, 0.6) is 0 Å². The van der Waals surface area contributed by atoms with Gasteiger partial charge in [-0.15, -0.1) is 0 Å². The van der Waals surface area contributed by atoms with E-state index in [2.05, 4.69) is 23.0 Å². The quantitative estimate of drug-likeness (QED) is 0.761. The highest BCUT2D eigenvalue weighted by molar-refractivity contribution is 7.99. The van der Waals surface area contributed by atoms with E-state index in [1.807, 2.05) is 23.9 Å². The van der Waals surface area contributed by atoms with Crippen molar-refractivity contribution in [3.63, 3.8) is 0 Å². The zero-order valence-corrected chi connectivity index (χ0v) is 9.50. The fourth-order valence-corrected chi connectivity index (χ4v) is 2.94. The lowest BCUT2D eigenvalue weighted by molar-refractivity contribution is 0.692. The Morgan fingerprint density at radius 3 is 3.00 bits per heavy atom. The van der Waals surface area contributed by atoms with Crippen molar-refractivity contribution in [3.8, 4) is 6.07 Å². The van der Waals surface area contributed by atoms with Crippen LogP contribution >= 0.6 is 11.8 Å². The first kappa shape index (κ1) is 10.3. The molecule has 0 radical (unpaired) electrons. The minimum absolute atomic E-state index is 0.593. The molecular formula is C11H13N3S. The first-order valence-electron chi connectivity index (χ1n) is 4.98. The Morgan fingerprint density at radius 1 is 1.60 bits per heavy atom. The Hall–Kier alpha value is -1.21. The topological polar surface area (TPSA) is 39.9 Å². The molecule has 0 amide bonds. The van der Waals surface area contributed by atoms with Crippen LogP contribution in [0.1, 0.15) is 12.0 Å². The maximum atomic E-state index is 8.67. The fourth-order valence-electron chi connectivity index (χ4n) is 1.68. The van der Waals surface area contributed by atoms with Gasteiger partial charge in [0.1, 0.15) is 11.9 Å². The van der Waals surface area contributed by atoms with Crippen molar-refractivity contribution in [3.05, 3.63) is 23.9 Å². The van der Waals surface area contributed by atoms with Crippen molar-refractivity contribution in [2.24, 2.45) is 0 Å². The van der Waals surface area contributed by atoms with Gasteiger partial charge in [-0.3, -0.25) is 0 Å². The van der Waals surface area contributed by atoms with Gasteiger partial charge in [0.25, 0.3) is 0 Å². The summed E-state index contributed by atoms with van der Waals surface area (Å²) in [7, 11) is 2.07. The van der Waals surface area contributed by atoms with Crippen LogP contribution in [0.15, 0.2) is 18.3 Å². The largest absolute Gasteiger partial charge is 0.356 e. The maximum absolute atomic E-state index is 8.67. The molecule has 0 bridgehead atoms. The van der Waals surface area contributed by atoms with Gasteiger partial charge < -0.3 is 4.90 Å². The van der Waals surface area contributed by atoms with Crippen LogP contribution in [0.3, 0.4) is 0 Å². The third-order valence-corrected chi connectivity index (χ3v) is 3.84. The van der Waals surface area contributed by atoms with Crippen LogP contribution in [-0.4, -0.2) is 29.6 Å². The molecule has 1 unspecified atom stereocenters. The van der Waals surface area contributed by atoms with E-state index in [0.717, 1.165) is 5.82 Å². The third-order valence-electron chi connectivity index (χ3n) is 2.69. The van der Waals surface area contributed by atoms with E-state index in [0.29, 0.717) is 11.6 Å². The second-order valence-corrected chi connectivity index (χ2v) is 4.80. The Kier molecular flexibility index (Phi) is 3.12. The molecule has 78 valence electrons. The number of rotatable bonds is 2. The molecule has 1 saturated heterocycles. The summed E-state index contributed by atoms with van der Waals surface area (Å²) in [5.74, 6) is 3.38. The molecule has 2 rings (SSSR count). The third kappa shape index (κ3) is 2.24. The molecule has 2 heterocycles. The number of nitrogens with zero attached hydrogens (tertiary/aromatic N) is 3. The summed E-state index contributed by atoms with van der Waals surface area (Å²) in [5.41, 5.74) is 0.618. The molecule has 0 aliphatic carbocycles. The smallest absolute Gasteiger partial charge is 0.128 e. The Bertz CT molecular complexity index is 362. The molecule has 0 saturated carbocycles. The fraction of sp³-hybridized carbons (Fsp3) is 0.455. The summed E-state index contributed by atoms with van der Waals surface area (Å²) in [5, 5.41) is 8.67. The van der Waals surface area contributed by atoms with Crippen LogP contribution in [-0.2, 0) is 0 Å². The molecule has 3 nitrogen and oxygen atoms in total. The molecule has 0 spiro atoms. The average Bonchev–Trinajstić information content (AvgIpc) is 2.82. The standard InChI is InChI=1S/C11H13N3S/c1-14(10-4-5-15-8-10)11-3-2-9(6-12)7-13-11/h2-3,7,10H,4-5,8H2,1H3. The summed E-state index contributed by atoms with van der Waals surface area (Å²) in [6, 6.07) is 6.41. The molecule has 0 N–H and O–H groups in total. The molecule has 1 atom stereocenters. The molecule has 1 aliphatic rings. The van der Waals surface area contributed by atoms with Gasteiger partial charge in [-0.25, -0.2) is 4.98 Å². The van der Waals surface area contributed by atoms with Crippen molar-refractivity contribution in [1.82, 2.24) is 4.98 Å². The van der Waals surface area contributed by atoms with E-state index in [9.17, 15) is 0 Å². The molecule has 1 fully saturated rings. The summed E-state index contributed by atoms with van der Waals surface area (Å²) in [6.45, 7) is 0. The molecule has 1 aliphatic heterocycles. The van der Waals surface area contributed by atoms with Gasteiger partial charge in [0, 0.05) is 25.0 Å². The van der Waals surface area contributed by atoms with Crippen LogP contribution < -0.4 is 4.90 Å². The van der Waals surface area contributed by atoms with E-state index >= 15 is 0 Å². The predicted octanol–water partition coefficient (Wildman–Crippen LogP) is 1.89. The summed E-state index contributed by atoms with van der Waals surface area (Å²) < 4.78 is 0. The van der Waals surface area contributed by atoms with E-state index < -0.39 is 0 Å². The average molecular weight is 219 g/mol. The van der Waals surface area contributed by atoms with Crippen LogP contribution in [0.25, 0.3) is 0 Å². The highest BCUT2D eigenvalue weighted by Crippen LogP contribution is 2.24. The highest BCUT2D eigenvalue weighted by atomic mass is 32.2. The van der Waals surface area contributed by atoms with E-state index in [-0.39, 0.29) is 0 Å². The van der Waals surface area contributed by atoms with Crippen molar-refractivity contribution in [1.29, 1.82) is 5.26 Å². The summed E-state index contributed by atoms with van der Waals surface area (Å²) >= 11 is 1.99. The van der Waals surface area contributed by atoms with Gasteiger partial charge >= 0.3 is 0 Å². The van der Waals surface area contributed by atoms with Crippen LogP contribution in [0.4, 0.5) is 5.82 Å². The molecule has 0 aromatic carbocycles. The number of thioether (sulfide) groups is 1. The first-order chi connectivity index (χ1) is 7.31. The molecule has 1 aromatic heterocycles. The van der Waals surface area contributed by atoms with Gasteiger partial charge in [-0.05, 0) is 24.3 Å². The normalized spacial score (nSPS) is 19.9. The number of hydrogen-bond donors (Lipinski definition) is 0. The number of anilines is 1. The Balaban J connectivity index is 2.11. The zero-order valence-electron chi connectivity index (χ0n) is 8.68. The Labute approximate surface area is 94.1 Å². The zero-order chi connectivity index (χ0) is 10.7. The lowest BCUT2D eigenvalue weighted by Crippen LogP contribution is -2.31. The Morgan fingerprint density at radius 2 is 2.47 bits per heavy atom. The minimum atomic E-state index is 0.593. The van der Waals surface area contributed by atoms with Crippen LogP contribution in [0, 0.1) is 11.3 Å². The molecular weight excluding hydrogens is 206 g/mol. The van der Waals surface area contributed by atoms with Crippen molar-refractivity contribution in [2.75, 3.05) is 23.5 Å². The van der Waals surface area contributed by atoms with Crippen LogP contribution in [0.2, 0.25) is 0 Å². The summed E-state index contributed by atoms with van der Waals surface area (Å²) in [6.07, 6.45) is 2.86. The van der Waals surface area contributed by atoms with Gasteiger partial charge in [-0.2, -0.15) is 17.0 Å². The second kappa shape index (κ2) is 4.54. The number of nitriles is 1. The molecule has 15 heavy (non-hydrogen) atoms. The second-order valence-electron chi connectivity index (χ2n) is 3.65. The summed E-state index contributed by atoms with van der Waals surface area (Å²) in [4.78, 5) is 6.50. The van der Waals surface area contributed by atoms with Gasteiger partial charge in [0.2, 0.25) is 0 Å². The maximum Gasteiger partial charge on any atom is 0.128 e. The number of pyridine rings is 1. The van der Waals surface area contributed by atoms with Crippen molar-refractivity contribution < 1.29 is 0 Å². The SMILES string of the molecule is CN(c1ccc(C#N)cn1)C1CCSC1. The van der Waals surface area contributed by atoms with E-state index in [4.69, 9.17) is 5.26 Å². The number of hydrogen-bond acceptors (Lipinski definition) is 4. The lowest BCUT2D eigenvalue weighted by atomic mass is 10.2. The van der Waals surface area contributed by atoms with Gasteiger partial charge in [-0.1, -0.05) is 0 Å². The monoisotopic (exact) mass is 219 g/mol. The van der Waals surface area contributed by atoms with E-state index in [1.54, 1.807) is 6.20 Å². The predicted molar refractivity (Wildman–Crippen MR) is 63.1 cm³/mol. The number of aromatic nitrogens is 1. The van der Waals surface area contributed by atoms with Gasteiger partial charge in [0.15, 0.2) is 0 Å². The minimum Gasteiger partial charge on any atom is -0.356 e. The van der Waals surface area contributed by atoms with Gasteiger partial charge in [0.05, 0.1) is 5.56 Å². The van der Waals surface area contributed by atoms with E-state index in [1.165, 1.54) is 17.9 Å².